The van der Waals surface area contributed by atoms with Crippen LogP contribution < -0.4 is 10.6 Å². The summed E-state index contributed by atoms with van der Waals surface area (Å²) in [6, 6.07) is 8.29. The minimum absolute atomic E-state index is 0.0683. The van der Waals surface area contributed by atoms with Crippen LogP contribution in [-0.2, 0) is 0 Å². The number of anilines is 4. The molecule has 0 aliphatic rings. The van der Waals surface area contributed by atoms with Crippen LogP contribution in [-0.4, -0.2) is 14.9 Å². The molecule has 0 aliphatic carbocycles. The second-order valence-electron chi connectivity index (χ2n) is 5.87. The monoisotopic (exact) mass is 371 g/mol. The smallest absolute Gasteiger partial charge is 0.334 e. The first kappa shape index (κ1) is 18.2. The molecule has 0 bridgehead atoms. The van der Waals surface area contributed by atoms with E-state index in [1.807, 2.05) is 26.0 Å². The first-order chi connectivity index (χ1) is 12.8. The van der Waals surface area contributed by atoms with Crippen LogP contribution in [0.4, 0.5) is 37.5 Å². The van der Waals surface area contributed by atoms with Crippen molar-refractivity contribution in [2.75, 3.05) is 10.6 Å². The third kappa shape index (κ3) is 3.97. The summed E-state index contributed by atoms with van der Waals surface area (Å²) in [5.74, 6) is -1.79. The zero-order valence-electron chi connectivity index (χ0n) is 14.5. The Balaban J connectivity index is 2.02. The normalized spacial score (nSPS) is 10.5. The van der Waals surface area contributed by atoms with Crippen molar-refractivity contribution in [3.8, 4) is 0 Å². The Morgan fingerprint density at radius 3 is 2.26 bits per heavy atom. The van der Waals surface area contributed by atoms with Crippen LogP contribution in [0.15, 0.2) is 42.7 Å². The number of halogens is 2. The molecule has 0 fully saturated rings. The van der Waals surface area contributed by atoms with Crippen LogP contribution in [0.25, 0.3) is 0 Å². The van der Waals surface area contributed by atoms with Gasteiger partial charge in [-0.2, -0.15) is 0 Å². The van der Waals surface area contributed by atoms with Gasteiger partial charge in [0.25, 0.3) is 0 Å². The van der Waals surface area contributed by atoms with Crippen LogP contribution in [0, 0.1) is 35.6 Å². The molecule has 2 aromatic carbocycles. The number of rotatable bonds is 5. The largest absolute Gasteiger partial charge is 0.353 e. The summed E-state index contributed by atoms with van der Waals surface area (Å²) < 4.78 is 27.2. The summed E-state index contributed by atoms with van der Waals surface area (Å²) in [6.07, 6.45) is 1.10. The van der Waals surface area contributed by atoms with E-state index in [0.717, 1.165) is 35.7 Å². The number of nitrogens with one attached hydrogen (secondary N) is 2. The Labute approximate surface area is 153 Å². The van der Waals surface area contributed by atoms with E-state index in [1.165, 1.54) is 0 Å². The minimum Gasteiger partial charge on any atom is -0.334 e. The van der Waals surface area contributed by atoms with Crippen molar-refractivity contribution in [2.24, 2.45) is 0 Å². The number of hydrogen-bond acceptors (Lipinski definition) is 6. The molecule has 138 valence electrons. The van der Waals surface area contributed by atoms with Gasteiger partial charge in [-0.25, -0.2) is 18.7 Å². The van der Waals surface area contributed by atoms with Crippen molar-refractivity contribution in [3.63, 3.8) is 0 Å². The quantitative estimate of drug-likeness (QED) is 0.496. The highest BCUT2D eigenvalue weighted by Gasteiger charge is 2.24. The van der Waals surface area contributed by atoms with Gasteiger partial charge in [0, 0.05) is 11.8 Å². The third-order valence-electron chi connectivity index (χ3n) is 3.82. The molecule has 2 N–H and O–H groups in total. The van der Waals surface area contributed by atoms with E-state index < -0.39 is 22.2 Å². The fourth-order valence-corrected chi connectivity index (χ4v) is 2.54. The molecule has 9 heteroatoms. The number of benzene rings is 2. The molecule has 1 heterocycles. The maximum absolute atomic E-state index is 13.9. The van der Waals surface area contributed by atoms with E-state index in [0.29, 0.717) is 5.69 Å². The zero-order valence-corrected chi connectivity index (χ0v) is 14.5. The molecule has 0 radical (unpaired) electrons. The Bertz CT molecular complexity index is 1030. The van der Waals surface area contributed by atoms with Gasteiger partial charge in [0.15, 0.2) is 0 Å². The molecule has 3 aromatic rings. The Hall–Kier alpha value is -3.62. The molecule has 0 aliphatic heterocycles. The Morgan fingerprint density at radius 1 is 0.963 bits per heavy atom. The van der Waals surface area contributed by atoms with Gasteiger partial charge in [0.2, 0.25) is 11.6 Å². The van der Waals surface area contributed by atoms with E-state index in [1.54, 1.807) is 6.07 Å². The van der Waals surface area contributed by atoms with E-state index in [-0.39, 0.29) is 17.3 Å². The van der Waals surface area contributed by atoms with Gasteiger partial charge >= 0.3 is 5.69 Å². The maximum Gasteiger partial charge on any atom is 0.353 e. The van der Waals surface area contributed by atoms with Crippen LogP contribution in [0.2, 0.25) is 0 Å². The Kier molecular flexibility index (Phi) is 4.93. The number of nitrogens with zero attached hydrogens (tertiary/aromatic N) is 3. The molecule has 0 amide bonds. The summed E-state index contributed by atoms with van der Waals surface area (Å²) in [6.45, 7) is 3.78. The van der Waals surface area contributed by atoms with Crippen molar-refractivity contribution < 1.29 is 13.7 Å². The van der Waals surface area contributed by atoms with Crippen LogP contribution in [0.1, 0.15) is 11.1 Å². The third-order valence-corrected chi connectivity index (χ3v) is 3.82. The lowest BCUT2D eigenvalue weighted by Crippen LogP contribution is -2.07. The van der Waals surface area contributed by atoms with E-state index >= 15 is 0 Å². The zero-order chi connectivity index (χ0) is 19.6. The summed E-state index contributed by atoms with van der Waals surface area (Å²) in [5, 5.41) is 17.0. The lowest BCUT2D eigenvalue weighted by atomic mass is 10.1. The molecule has 27 heavy (non-hydrogen) atoms. The molecule has 0 saturated carbocycles. The van der Waals surface area contributed by atoms with Crippen molar-refractivity contribution in [1.29, 1.82) is 0 Å². The summed E-state index contributed by atoms with van der Waals surface area (Å²) in [5.41, 5.74) is 1.79. The molecule has 0 saturated heterocycles. The fraction of sp³-hybridized carbons (Fsp3) is 0.111. The van der Waals surface area contributed by atoms with Gasteiger partial charge in [-0.05, 0) is 37.6 Å². The van der Waals surface area contributed by atoms with Crippen molar-refractivity contribution in [1.82, 2.24) is 9.97 Å². The highest BCUT2D eigenvalue weighted by atomic mass is 19.1. The number of nitro groups is 1. The first-order valence-corrected chi connectivity index (χ1v) is 7.91. The van der Waals surface area contributed by atoms with Gasteiger partial charge < -0.3 is 10.6 Å². The van der Waals surface area contributed by atoms with Crippen LogP contribution in [0.3, 0.4) is 0 Å². The van der Waals surface area contributed by atoms with Crippen LogP contribution >= 0.6 is 0 Å². The molecule has 0 spiro atoms. The molecular weight excluding hydrogens is 356 g/mol. The highest BCUT2D eigenvalue weighted by molar-refractivity contribution is 5.77. The summed E-state index contributed by atoms with van der Waals surface area (Å²) in [7, 11) is 0. The SMILES string of the molecule is Cc1ccc(Nc2ncnc(Nc3cc(F)ccc3F)c2[N+](=O)[O-])c(C)c1. The predicted molar refractivity (Wildman–Crippen MR) is 97.5 cm³/mol. The summed E-state index contributed by atoms with van der Waals surface area (Å²) >= 11 is 0. The maximum atomic E-state index is 13.9. The minimum atomic E-state index is -0.770. The van der Waals surface area contributed by atoms with Crippen molar-refractivity contribution >= 4 is 28.7 Å². The predicted octanol–water partition coefficient (Wildman–Crippen LogP) is 4.77. The van der Waals surface area contributed by atoms with E-state index in [2.05, 4.69) is 20.6 Å². The van der Waals surface area contributed by atoms with Crippen LogP contribution in [0.5, 0.6) is 0 Å². The average molecular weight is 371 g/mol. The van der Waals surface area contributed by atoms with Crippen molar-refractivity contribution in [2.45, 2.75) is 13.8 Å². The van der Waals surface area contributed by atoms with Gasteiger partial charge in [-0.15, -0.1) is 0 Å². The first-order valence-electron chi connectivity index (χ1n) is 7.91. The molecule has 0 unspecified atom stereocenters. The summed E-state index contributed by atoms with van der Waals surface area (Å²) in [4.78, 5) is 18.6. The van der Waals surface area contributed by atoms with Gasteiger partial charge in [0.05, 0.1) is 10.6 Å². The standard InChI is InChI=1S/C18H15F2N5O2/c1-10-3-6-14(11(2)7-10)23-17-16(25(26)27)18(22-9-21-17)24-15-8-12(19)4-5-13(15)20/h3-9H,1-2H3,(H2,21,22,23,24). The highest BCUT2D eigenvalue weighted by Crippen LogP contribution is 2.34. The lowest BCUT2D eigenvalue weighted by Gasteiger charge is -2.12. The van der Waals surface area contributed by atoms with Crippen molar-refractivity contribution in [3.05, 3.63) is 75.6 Å². The Morgan fingerprint density at radius 2 is 1.63 bits per heavy atom. The average Bonchev–Trinajstić information content (AvgIpc) is 2.60. The molecule has 3 rings (SSSR count). The van der Waals surface area contributed by atoms with Gasteiger partial charge in [0.1, 0.15) is 18.0 Å². The molecule has 0 atom stereocenters. The number of aryl methyl sites for hydroxylation is 2. The van der Waals surface area contributed by atoms with E-state index in [9.17, 15) is 18.9 Å². The molecule has 7 nitrogen and oxygen atoms in total. The van der Waals surface area contributed by atoms with E-state index in [4.69, 9.17) is 0 Å². The molecular formula is C18H15F2N5O2. The topological polar surface area (TPSA) is 93.0 Å². The number of hydrogen-bond donors (Lipinski definition) is 2. The number of aromatic nitrogens is 2. The lowest BCUT2D eigenvalue weighted by molar-refractivity contribution is -0.383. The second kappa shape index (κ2) is 7.32. The van der Waals surface area contributed by atoms with Gasteiger partial charge in [-0.1, -0.05) is 17.7 Å². The second-order valence-corrected chi connectivity index (χ2v) is 5.87. The van der Waals surface area contributed by atoms with Gasteiger partial charge in [-0.3, -0.25) is 10.1 Å². The fourth-order valence-electron chi connectivity index (χ4n) is 2.54. The molecule has 1 aromatic heterocycles.